The molecular weight excluding hydrogens is 438 g/mol. The Morgan fingerprint density at radius 3 is 2.19 bits per heavy atom. The number of benzene rings is 2. The molecule has 0 heterocycles. The van der Waals surface area contributed by atoms with E-state index >= 15 is 0 Å². The Balaban J connectivity index is 2.59. The van der Waals surface area contributed by atoms with Crippen LogP contribution in [0.4, 0.5) is 5.69 Å². The van der Waals surface area contributed by atoms with Crippen molar-refractivity contribution in [2.45, 2.75) is 23.6 Å². The molecule has 0 aliphatic heterocycles. The van der Waals surface area contributed by atoms with E-state index in [1.165, 1.54) is 53.6 Å². The predicted octanol–water partition coefficient (Wildman–Crippen LogP) is 3.22. The van der Waals surface area contributed by atoms with E-state index in [9.17, 15) is 18.3 Å². The van der Waals surface area contributed by atoms with Gasteiger partial charge in [-0.2, -0.15) is 0 Å². The molecule has 0 aliphatic rings. The topological polar surface area (TPSA) is 120 Å². The molecule has 0 aromatic heterocycles. The van der Waals surface area contributed by atoms with Gasteiger partial charge in [0, 0.05) is 6.07 Å². The monoisotopic (exact) mass is 465 g/mol. The number of hydrogen-bond acceptors (Lipinski definition) is 8. The van der Waals surface area contributed by atoms with Crippen LogP contribution in [0.1, 0.15) is 18.1 Å². The quantitative estimate of drug-likeness (QED) is 0.515. The number of rotatable bonds is 11. The normalized spacial score (nSPS) is 11.9. The second kappa shape index (κ2) is 10.3. The summed E-state index contributed by atoms with van der Waals surface area (Å²) in [5.74, 6) is -0.602. The van der Waals surface area contributed by atoms with E-state index in [1.807, 2.05) is 0 Å². The Hall–Kier alpha value is -3.40. The molecule has 10 heteroatoms. The molecule has 2 rings (SSSR count). The van der Waals surface area contributed by atoms with E-state index in [1.54, 1.807) is 12.1 Å². The Bertz CT molecular complexity index is 1110. The van der Waals surface area contributed by atoms with Gasteiger partial charge in [-0.05, 0) is 24.6 Å². The summed E-state index contributed by atoms with van der Waals surface area (Å²) in [5.41, 5.74) is 1.14. The van der Waals surface area contributed by atoms with Crippen molar-refractivity contribution >= 4 is 27.6 Å². The van der Waals surface area contributed by atoms with Gasteiger partial charge in [0.25, 0.3) is 0 Å². The van der Waals surface area contributed by atoms with Crippen LogP contribution in [0.25, 0.3) is 6.08 Å². The molecule has 0 amide bonds. The SMILES string of the molecule is C=Cc1c(OC)cc(OC)c(S(=O)(=O)Cc2ccc(OC)c(N[C@@H](C)C(=O)O)c2)c1OC. The Morgan fingerprint density at radius 2 is 1.69 bits per heavy atom. The van der Waals surface area contributed by atoms with Crippen LogP contribution in [0.5, 0.6) is 23.0 Å². The zero-order valence-electron chi connectivity index (χ0n) is 18.6. The van der Waals surface area contributed by atoms with E-state index in [4.69, 9.17) is 18.9 Å². The van der Waals surface area contributed by atoms with E-state index in [-0.39, 0.29) is 16.4 Å². The van der Waals surface area contributed by atoms with Gasteiger partial charge in [0.15, 0.2) is 20.5 Å². The van der Waals surface area contributed by atoms with Crippen LogP contribution in [-0.4, -0.2) is 54.0 Å². The number of aliphatic carboxylic acids is 1. The first-order valence-electron chi connectivity index (χ1n) is 9.47. The summed E-state index contributed by atoms with van der Waals surface area (Å²) < 4.78 is 48.2. The number of carboxylic acid groups (broad SMARTS) is 1. The highest BCUT2D eigenvalue weighted by Crippen LogP contribution is 2.44. The number of carbonyl (C=O) groups is 1. The molecular formula is C22H27NO8S. The lowest BCUT2D eigenvalue weighted by Gasteiger charge is -2.19. The standard InChI is InChI=1S/C22H27NO8S/c1-7-15-18(29-4)11-19(30-5)21(20(15)31-6)32(26,27)12-14-8-9-17(28-3)16(10-14)23-13(2)22(24)25/h7-11,13,23H,1,12H2,2-6H3,(H,24,25)/t13-/m0/s1. The molecule has 0 bridgehead atoms. The highest BCUT2D eigenvalue weighted by Gasteiger charge is 2.29. The molecule has 0 radical (unpaired) electrons. The van der Waals surface area contributed by atoms with Gasteiger partial charge in [0.05, 0.1) is 45.4 Å². The molecule has 1 atom stereocenters. The van der Waals surface area contributed by atoms with Crippen LogP contribution in [0.15, 0.2) is 35.7 Å². The van der Waals surface area contributed by atoms with Crippen LogP contribution in [0, 0.1) is 0 Å². The number of methoxy groups -OCH3 is 4. The summed E-state index contributed by atoms with van der Waals surface area (Å²) in [4.78, 5) is 11.1. The van der Waals surface area contributed by atoms with Crippen molar-refractivity contribution in [2.75, 3.05) is 33.8 Å². The van der Waals surface area contributed by atoms with Gasteiger partial charge in [-0.1, -0.05) is 18.7 Å². The number of carboxylic acids is 1. The Morgan fingerprint density at radius 1 is 1.06 bits per heavy atom. The first-order valence-corrected chi connectivity index (χ1v) is 11.1. The first-order chi connectivity index (χ1) is 15.1. The molecule has 0 saturated heterocycles. The fourth-order valence-corrected chi connectivity index (χ4v) is 4.85. The third kappa shape index (κ3) is 5.08. The highest BCUT2D eigenvalue weighted by atomic mass is 32.2. The van der Waals surface area contributed by atoms with Crippen molar-refractivity contribution < 1.29 is 37.3 Å². The molecule has 0 fully saturated rings. The first kappa shape index (κ1) is 24.9. The minimum atomic E-state index is -3.98. The summed E-state index contributed by atoms with van der Waals surface area (Å²) in [6.45, 7) is 5.18. The average Bonchev–Trinajstić information content (AvgIpc) is 2.77. The molecule has 0 spiro atoms. The van der Waals surface area contributed by atoms with Gasteiger partial charge >= 0.3 is 5.97 Å². The number of hydrogen-bond donors (Lipinski definition) is 2. The zero-order chi connectivity index (χ0) is 24.1. The van der Waals surface area contributed by atoms with Crippen molar-refractivity contribution in [3.05, 3.63) is 42.0 Å². The summed E-state index contributed by atoms with van der Waals surface area (Å²) >= 11 is 0. The van der Waals surface area contributed by atoms with Crippen molar-refractivity contribution in [1.82, 2.24) is 0 Å². The second-order valence-electron chi connectivity index (χ2n) is 6.76. The van der Waals surface area contributed by atoms with Gasteiger partial charge in [-0.3, -0.25) is 4.79 Å². The predicted molar refractivity (Wildman–Crippen MR) is 121 cm³/mol. The van der Waals surface area contributed by atoms with Crippen LogP contribution in [0.3, 0.4) is 0 Å². The van der Waals surface area contributed by atoms with Gasteiger partial charge < -0.3 is 29.4 Å². The minimum Gasteiger partial charge on any atom is -0.496 e. The van der Waals surface area contributed by atoms with Crippen molar-refractivity contribution in [2.24, 2.45) is 0 Å². The molecule has 32 heavy (non-hydrogen) atoms. The average molecular weight is 466 g/mol. The minimum absolute atomic E-state index is 0.0579. The van der Waals surface area contributed by atoms with Crippen molar-refractivity contribution in [3.63, 3.8) is 0 Å². The van der Waals surface area contributed by atoms with E-state index in [0.29, 0.717) is 28.3 Å². The van der Waals surface area contributed by atoms with Crippen LogP contribution < -0.4 is 24.3 Å². The Kier molecular flexibility index (Phi) is 7.98. The maximum absolute atomic E-state index is 13.4. The lowest BCUT2D eigenvalue weighted by atomic mass is 10.1. The summed E-state index contributed by atoms with van der Waals surface area (Å²) in [5, 5.41) is 12.0. The van der Waals surface area contributed by atoms with E-state index < -0.39 is 27.6 Å². The number of ether oxygens (including phenoxy) is 4. The van der Waals surface area contributed by atoms with Gasteiger partial charge in [-0.25, -0.2) is 8.42 Å². The molecule has 0 saturated carbocycles. The third-order valence-electron chi connectivity index (χ3n) is 4.72. The second-order valence-corrected chi connectivity index (χ2v) is 8.69. The third-order valence-corrected chi connectivity index (χ3v) is 6.45. The fourth-order valence-electron chi connectivity index (χ4n) is 3.16. The lowest BCUT2D eigenvalue weighted by Crippen LogP contribution is -2.25. The molecule has 2 N–H and O–H groups in total. The number of nitrogens with one attached hydrogen (secondary N) is 1. The maximum atomic E-state index is 13.4. The van der Waals surface area contributed by atoms with Gasteiger partial charge in [0.1, 0.15) is 23.3 Å². The summed E-state index contributed by atoms with van der Waals surface area (Å²) in [6.07, 6.45) is 1.44. The van der Waals surface area contributed by atoms with E-state index in [2.05, 4.69) is 11.9 Å². The summed E-state index contributed by atoms with van der Waals surface area (Å²) in [6, 6.07) is 5.24. The molecule has 2 aromatic carbocycles. The highest BCUT2D eigenvalue weighted by molar-refractivity contribution is 7.90. The number of anilines is 1. The number of sulfone groups is 1. The summed E-state index contributed by atoms with van der Waals surface area (Å²) in [7, 11) is 1.61. The zero-order valence-corrected chi connectivity index (χ0v) is 19.4. The fraction of sp³-hybridized carbons (Fsp3) is 0.318. The van der Waals surface area contributed by atoms with E-state index in [0.717, 1.165) is 0 Å². The Labute approximate surface area is 187 Å². The maximum Gasteiger partial charge on any atom is 0.325 e. The van der Waals surface area contributed by atoms with Gasteiger partial charge in [-0.15, -0.1) is 0 Å². The molecule has 174 valence electrons. The molecule has 0 aliphatic carbocycles. The molecule has 9 nitrogen and oxygen atoms in total. The van der Waals surface area contributed by atoms with Crippen molar-refractivity contribution in [1.29, 1.82) is 0 Å². The molecule has 0 unspecified atom stereocenters. The van der Waals surface area contributed by atoms with Crippen LogP contribution >= 0.6 is 0 Å². The smallest absolute Gasteiger partial charge is 0.325 e. The van der Waals surface area contributed by atoms with Crippen molar-refractivity contribution in [3.8, 4) is 23.0 Å². The lowest BCUT2D eigenvalue weighted by molar-refractivity contribution is -0.137. The van der Waals surface area contributed by atoms with Gasteiger partial charge in [0.2, 0.25) is 0 Å². The van der Waals surface area contributed by atoms with Crippen LogP contribution in [0.2, 0.25) is 0 Å². The molecule has 2 aromatic rings. The van der Waals surface area contributed by atoms with Crippen LogP contribution in [-0.2, 0) is 20.4 Å². The largest absolute Gasteiger partial charge is 0.496 e.